The van der Waals surface area contributed by atoms with Crippen molar-refractivity contribution in [3.05, 3.63) is 66.8 Å². The van der Waals surface area contributed by atoms with E-state index in [9.17, 15) is 4.79 Å². The second kappa shape index (κ2) is 7.64. The molecule has 1 aliphatic rings. The summed E-state index contributed by atoms with van der Waals surface area (Å²) in [5, 5.41) is 8.29. The maximum Gasteiger partial charge on any atom is 0.291 e. The van der Waals surface area contributed by atoms with Crippen molar-refractivity contribution < 1.29 is 9.21 Å². The van der Waals surface area contributed by atoms with Crippen LogP contribution in [0.1, 0.15) is 23.4 Å². The molecule has 1 saturated heterocycles. The molecule has 1 fully saturated rings. The fourth-order valence-electron chi connectivity index (χ4n) is 3.88. The lowest BCUT2D eigenvalue weighted by molar-refractivity contribution is 0.0996. The number of anilines is 2. The Morgan fingerprint density at radius 2 is 2.07 bits per heavy atom. The van der Waals surface area contributed by atoms with Crippen LogP contribution >= 0.6 is 0 Å². The quantitative estimate of drug-likeness (QED) is 0.543. The lowest BCUT2D eigenvalue weighted by Gasteiger charge is -2.33. The lowest BCUT2D eigenvalue weighted by atomic mass is 10.1. The molecule has 0 spiro atoms. The molecule has 8 nitrogen and oxygen atoms in total. The minimum atomic E-state index is -0.340. The molecule has 0 unspecified atom stereocenters. The van der Waals surface area contributed by atoms with Crippen LogP contribution in [0.2, 0.25) is 0 Å². The molecule has 4 heterocycles. The third-order valence-electron chi connectivity index (χ3n) is 5.35. The van der Waals surface area contributed by atoms with E-state index in [4.69, 9.17) is 10.2 Å². The van der Waals surface area contributed by atoms with Crippen LogP contribution < -0.4 is 16.0 Å². The summed E-state index contributed by atoms with van der Waals surface area (Å²) >= 11 is 0. The van der Waals surface area contributed by atoms with E-state index < -0.39 is 0 Å². The summed E-state index contributed by atoms with van der Waals surface area (Å²) in [6.07, 6.45) is 7.18. The van der Waals surface area contributed by atoms with E-state index in [1.54, 1.807) is 35.4 Å². The van der Waals surface area contributed by atoms with Crippen LogP contribution in [-0.4, -0.2) is 39.8 Å². The van der Waals surface area contributed by atoms with Crippen LogP contribution in [0, 0.1) is 0 Å². The number of amides is 1. The molecule has 5 rings (SSSR count). The molecule has 30 heavy (non-hydrogen) atoms. The van der Waals surface area contributed by atoms with E-state index >= 15 is 0 Å². The van der Waals surface area contributed by atoms with Gasteiger partial charge in [-0.2, -0.15) is 5.10 Å². The third kappa shape index (κ3) is 3.42. The van der Waals surface area contributed by atoms with Crippen molar-refractivity contribution in [3.8, 4) is 5.88 Å². The summed E-state index contributed by atoms with van der Waals surface area (Å²) in [4.78, 5) is 19.2. The van der Waals surface area contributed by atoms with Gasteiger partial charge in [-0.15, -0.1) is 0 Å². The minimum absolute atomic E-state index is 0.131. The number of para-hydroxylation sites is 1. The van der Waals surface area contributed by atoms with Crippen LogP contribution in [-0.2, 0) is 0 Å². The van der Waals surface area contributed by atoms with Crippen LogP contribution in [0.15, 0.2) is 65.5 Å². The van der Waals surface area contributed by atoms with Gasteiger partial charge in [0, 0.05) is 36.8 Å². The first-order chi connectivity index (χ1) is 14.7. The molecule has 8 heteroatoms. The number of carbonyl (C=O) groups is 1. The van der Waals surface area contributed by atoms with Crippen molar-refractivity contribution in [2.45, 2.75) is 18.9 Å². The number of rotatable bonds is 4. The van der Waals surface area contributed by atoms with E-state index in [0.717, 1.165) is 42.5 Å². The van der Waals surface area contributed by atoms with Gasteiger partial charge in [0.15, 0.2) is 5.76 Å². The number of nitrogens with two attached hydrogens (primary N) is 1. The number of furan rings is 1. The molecule has 4 aromatic rings. The number of nitrogens with one attached hydrogen (secondary N) is 1. The maximum absolute atomic E-state index is 12.9. The topological polar surface area (TPSA) is 102 Å². The number of hydrogen-bond donors (Lipinski definition) is 2. The predicted molar refractivity (Wildman–Crippen MR) is 115 cm³/mol. The average Bonchev–Trinajstić information content (AvgIpc) is 3.41. The van der Waals surface area contributed by atoms with E-state index in [1.165, 1.54) is 0 Å². The number of aromatic nitrogens is 3. The largest absolute Gasteiger partial charge is 0.433 e. The van der Waals surface area contributed by atoms with Gasteiger partial charge >= 0.3 is 0 Å². The molecule has 152 valence electrons. The van der Waals surface area contributed by atoms with Gasteiger partial charge in [0.1, 0.15) is 0 Å². The zero-order valence-corrected chi connectivity index (χ0v) is 16.4. The van der Waals surface area contributed by atoms with Crippen LogP contribution in [0.4, 0.5) is 11.4 Å². The van der Waals surface area contributed by atoms with Gasteiger partial charge in [0.25, 0.3) is 5.91 Å². The Labute approximate surface area is 173 Å². The molecular weight excluding hydrogens is 380 g/mol. The summed E-state index contributed by atoms with van der Waals surface area (Å²) in [5.41, 5.74) is 8.59. The van der Waals surface area contributed by atoms with Crippen molar-refractivity contribution in [2.24, 2.45) is 5.73 Å². The summed E-state index contributed by atoms with van der Waals surface area (Å²) in [6, 6.07) is 13.2. The Bertz CT molecular complexity index is 1200. The fourth-order valence-corrected chi connectivity index (χ4v) is 3.88. The number of benzene rings is 1. The smallest absolute Gasteiger partial charge is 0.291 e. The molecule has 3 aromatic heterocycles. The fraction of sp³-hybridized carbons (Fsp3) is 0.227. The molecule has 0 radical (unpaired) electrons. The molecule has 1 amide bonds. The molecule has 3 N–H and O–H groups in total. The first kappa shape index (κ1) is 18.4. The SMILES string of the molecule is N[C@@H]1CCCN(c2ccncc2NC(=O)c2ccc(-n3ncc4ccccc43)o2)C1. The first-order valence-corrected chi connectivity index (χ1v) is 9.98. The zero-order chi connectivity index (χ0) is 20.5. The Morgan fingerprint density at radius 1 is 1.17 bits per heavy atom. The Hall–Kier alpha value is -3.65. The highest BCUT2D eigenvalue weighted by Gasteiger charge is 2.21. The van der Waals surface area contributed by atoms with Gasteiger partial charge < -0.3 is 20.4 Å². The van der Waals surface area contributed by atoms with E-state index in [1.807, 2.05) is 30.3 Å². The molecule has 1 aliphatic heterocycles. The monoisotopic (exact) mass is 402 g/mol. The van der Waals surface area contributed by atoms with Crippen LogP contribution in [0.25, 0.3) is 16.8 Å². The lowest BCUT2D eigenvalue weighted by Crippen LogP contribution is -2.43. The zero-order valence-electron chi connectivity index (χ0n) is 16.4. The van der Waals surface area contributed by atoms with Gasteiger partial charge in [-0.25, -0.2) is 4.68 Å². The highest BCUT2D eigenvalue weighted by atomic mass is 16.4. The molecule has 0 bridgehead atoms. The van der Waals surface area contributed by atoms with Crippen molar-refractivity contribution in [2.75, 3.05) is 23.3 Å². The minimum Gasteiger partial charge on any atom is -0.433 e. The number of pyridine rings is 1. The Balaban J connectivity index is 1.38. The highest BCUT2D eigenvalue weighted by molar-refractivity contribution is 6.04. The summed E-state index contributed by atoms with van der Waals surface area (Å²) in [6.45, 7) is 1.65. The molecule has 0 aliphatic carbocycles. The summed E-state index contributed by atoms with van der Waals surface area (Å²) in [7, 11) is 0. The van der Waals surface area contributed by atoms with Crippen molar-refractivity contribution >= 4 is 28.2 Å². The number of fused-ring (bicyclic) bond motifs is 1. The molecule has 1 atom stereocenters. The highest BCUT2D eigenvalue weighted by Crippen LogP contribution is 2.28. The van der Waals surface area contributed by atoms with Crippen molar-refractivity contribution in [1.29, 1.82) is 0 Å². The number of piperidine rings is 1. The van der Waals surface area contributed by atoms with Crippen molar-refractivity contribution in [3.63, 3.8) is 0 Å². The number of carbonyl (C=O) groups excluding carboxylic acids is 1. The van der Waals surface area contributed by atoms with Gasteiger partial charge in [0.2, 0.25) is 5.88 Å². The van der Waals surface area contributed by atoms with Gasteiger partial charge in [-0.3, -0.25) is 9.78 Å². The van der Waals surface area contributed by atoms with Gasteiger partial charge in [0.05, 0.1) is 29.3 Å². The first-order valence-electron chi connectivity index (χ1n) is 9.98. The Morgan fingerprint density at radius 3 is 2.97 bits per heavy atom. The Kier molecular flexibility index (Phi) is 4.68. The van der Waals surface area contributed by atoms with Gasteiger partial charge in [-0.05, 0) is 31.0 Å². The van der Waals surface area contributed by atoms with Crippen LogP contribution in [0.5, 0.6) is 0 Å². The normalized spacial score (nSPS) is 16.7. The molecular formula is C22H22N6O2. The second-order valence-electron chi connectivity index (χ2n) is 7.45. The predicted octanol–water partition coefficient (Wildman–Crippen LogP) is 3.19. The molecule has 0 saturated carbocycles. The summed E-state index contributed by atoms with van der Waals surface area (Å²) < 4.78 is 7.48. The third-order valence-corrected chi connectivity index (χ3v) is 5.35. The number of nitrogens with zero attached hydrogens (tertiary/aromatic N) is 4. The van der Waals surface area contributed by atoms with E-state index in [2.05, 4.69) is 20.3 Å². The van der Waals surface area contributed by atoms with Crippen LogP contribution in [0.3, 0.4) is 0 Å². The average molecular weight is 402 g/mol. The molecule has 1 aromatic carbocycles. The number of hydrogen-bond acceptors (Lipinski definition) is 6. The standard InChI is InChI=1S/C22H22N6O2/c23-16-5-3-11-27(14-16)19-9-10-24-13-17(19)26-22(29)20-7-8-21(30-20)28-18-6-2-1-4-15(18)12-25-28/h1-2,4,6-10,12-13,16H,3,5,11,14,23H2,(H,26,29)/t16-/m1/s1. The van der Waals surface area contributed by atoms with Gasteiger partial charge in [-0.1, -0.05) is 18.2 Å². The summed E-state index contributed by atoms with van der Waals surface area (Å²) in [5.74, 6) is 0.345. The van der Waals surface area contributed by atoms with E-state index in [-0.39, 0.29) is 17.7 Å². The van der Waals surface area contributed by atoms with E-state index in [0.29, 0.717) is 11.6 Å². The second-order valence-corrected chi connectivity index (χ2v) is 7.45. The maximum atomic E-state index is 12.9. The van der Waals surface area contributed by atoms with Crippen molar-refractivity contribution in [1.82, 2.24) is 14.8 Å².